The van der Waals surface area contributed by atoms with E-state index in [2.05, 4.69) is 39.4 Å². The van der Waals surface area contributed by atoms with Gasteiger partial charge in [-0.3, -0.25) is 0 Å². The largest absolute Gasteiger partial charge is 0.342 e. The van der Waals surface area contributed by atoms with Crippen molar-refractivity contribution in [2.24, 2.45) is 0 Å². The van der Waals surface area contributed by atoms with Crippen molar-refractivity contribution in [2.45, 2.75) is 25.3 Å². The first-order valence-electron chi connectivity index (χ1n) is 6.73. The molecule has 2 aromatic rings. The number of hydrogen-bond acceptors (Lipinski definition) is 3. The number of imidazole rings is 1. The predicted octanol–water partition coefficient (Wildman–Crippen LogP) is 2.14. The Morgan fingerprint density at radius 2 is 2.11 bits per heavy atom. The highest BCUT2D eigenvalue weighted by atomic mass is 15.3. The zero-order chi connectivity index (χ0) is 12.4. The summed E-state index contributed by atoms with van der Waals surface area (Å²) in [6, 6.07) is 8.79. The van der Waals surface area contributed by atoms with Crippen LogP contribution in [0.15, 0.2) is 24.3 Å². The van der Waals surface area contributed by atoms with Gasteiger partial charge in [-0.25, -0.2) is 4.98 Å². The number of anilines is 1. The summed E-state index contributed by atoms with van der Waals surface area (Å²) in [6.07, 6.45) is 3.67. The molecule has 1 aliphatic heterocycles. The Hall–Kier alpha value is -1.55. The van der Waals surface area contributed by atoms with E-state index in [4.69, 9.17) is 0 Å². The van der Waals surface area contributed by atoms with E-state index in [1.807, 2.05) is 12.1 Å². The zero-order valence-corrected chi connectivity index (χ0v) is 10.8. The molecule has 0 saturated carbocycles. The standard InChI is InChI=1S/C14H20N4/c1-18(11-5-4-9-15-10-8-11)14-16-12-6-2-3-7-13(12)17-14/h2-3,6-7,11,15H,4-5,8-10H2,1H3,(H,16,17). The van der Waals surface area contributed by atoms with Gasteiger partial charge >= 0.3 is 0 Å². The van der Waals surface area contributed by atoms with Gasteiger partial charge in [0.05, 0.1) is 11.0 Å². The van der Waals surface area contributed by atoms with E-state index in [1.165, 1.54) is 19.3 Å². The summed E-state index contributed by atoms with van der Waals surface area (Å²) in [5, 5.41) is 3.45. The predicted molar refractivity (Wildman–Crippen MR) is 75.0 cm³/mol. The fourth-order valence-electron chi connectivity index (χ4n) is 2.67. The number of hydrogen-bond donors (Lipinski definition) is 2. The van der Waals surface area contributed by atoms with E-state index in [1.54, 1.807) is 0 Å². The Labute approximate surface area is 107 Å². The molecule has 2 N–H and O–H groups in total. The quantitative estimate of drug-likeness (QED) is 0.850. The highest BCUT2D eigenvalue weighted by Crippen LogP contribution is 2.21. The highest BCUT2D eigenvalue weighted by Gasteiger charge is 2.19. The minimum absolute atomic E-state index is 0.584. The van der Waals surface area contributed by atoms with Crippen LogP contribution in [0.4, 0.5) is 5.95 Å². The maximum Gasteiger partial charge on any atom is 0.203 e. The summed E-state index contributed by atoms with van der Waals surface area (Å²) >= 11 is 0. The zero-order valence-electron chi connectivity index (χ0n) is 10.8. The second kappa shape index (κ2) is 4.98. The number of rotatable bonds is 2. The van der Waals surface area contributed by atoms with Gasteiger partial charge in [0, 0.05) is 13.1 Å². The maximum absolute atomic E-state index is 4.67. The Morgan fingerprint density at radius 1 is 1.22 bits per heavy atom. The Balaban J connectivity index is 1.83. The first-order chi connectivity index (χ1) is 8.84. The van der Waals surface area contributed by atoms with Crippen LogP contribution in [0.3, 0.4) is 0 Å². The number of H-pyrrole nitrogens is 1. The number of aromatic nitrogens is 2. The molecule has 1 aromatic carbocycles. The van der Waals surface area contributed by atoms with Gasteiger partial charge < -0.3 is 15.2 Å². The van der Waals surface area contributed by atoms with Crippen LogP contribution >= 0.6 is 0 Å². The molecule has 1 aromatic heterocycles. The van der Waals surface area contributed by atoms with Crippen LogP contribution in [0.1, 0.15) is 19.3 Å². The molecule has 0 aliphatic carbocycles. The molecule has 0 amide bonds. The van der Waals surface area contributed by atoms with Crippen molar-refractivity contribution in [3.8, 4) is 0 Å². The molecule has 0 bridgehead atoms. The first-order valence-corrected chi connectivity index (χ1v) is 6.73. The number of aromatic amines is 1. The average molecular weight is 244 g/mol. The maximum atomic E-state index is 4.67. The summed E-state index contributed by atoms with van der Waals surface area (Å²) in [5.74, 6) is 0.989. The van der Waals surface area contributed by atoms with Gasteiger partial charge in [-0.05, 0) is 44.5 Å². The van der Waals surface area contributed by atoms with Crippen LogP contribution < -0.4 is 10.2 Å². The molecule has 96 valence electrons. The van der Waals surface area contributed by atoms with E-state index in [0.717, 1.165) is 30.1 Å². The monoisotopic (exact) mass is 244 g/mol. The summed E-state index contributed by atoms with van der Waals surface area (Å²) in [4.78, 5) is 10.4. The van der Waals surface area contributed by atoms with E-state index < -0.39 is 0 Å². The molecular weight excluding hydrogens is 224 g/mol. The van der Waals surface area contributed by atoms with E-state index >= 15 is 0 Å². The molecule has 2 heterocycles. The van der Waals surface area contributed by atoms with Crippen LogP contribution in [-0.2, 0) is 0 Å². The third-order valence-electron chi connectivity index (χ3n) is 3.80. The second-order valence-electron chi connectivity index (χ2n) is 5.02. The minimum Gasteiger partial charge on any atom is -0.342 e. The van der Waals surface area contributed by atoms with E-state index in [-0.39, 0.29) is 0 Å². The van der Waals surface area contributed by atoms with Gasteiger partial charge in [0.25, 0.3) is 0 Å². The Bertz CT molecular complexity index is 478. The lowest BCUT2D eigenvalue weighted by Crippen LogP contribution is -2.33. The smallest absolute Gasteiger partial charge is 0.203 e. The Morgan fingerprint density at radius 3 is 3.00 bits per heavy atom. The molecule has 0 spiro atoms. The highest BCUT2D eigenvalue weighted by molar-refractivity contribution is 5.77. The SMILES string of the molecule is CN(c1nc2ccccc2[nH]1)C1CCCNCC1. The fraction of sp³-hybridized carbons (Fsp3) is 0.500. The summed E-state index contributed by atoms with van der Waals surface area (Å²) in [7, 11) is 2.15. The van der Waals surface area contributed by atoms with Crippen LogP contribution in [-0.4, -0.2) is 36.1 Å². The fourth-order valence-corrected chi connectivity index (χ4v) is 2.67. The lowest BCUT2D eigenvalue weighted by Gasteiger charge is -2.26. The van der Waals surface area contributed by atoms with Gasteiger partial charge in [-0.15, -0.1) is 0 Å². The molecular formula is C14H20N4. The normalized spacial score (nSPS) is 20.8. The average Bonchev–Trinajstić information content (AvgIpc) is 2.64. The first kappa shape index (κ1) is 11.5. The van der Waals surface area contributed by atoms with Crippen molar-refractivity contribution in [1.82, 2.24) is 15.3 Å². The summed E-state index contributed by atoms with van der Waals surface area (Å²) in [5.41, 5.74) is 2.16. The van der Waals surface area contributed by atoms with Gasteiger partial charge in [0.1, 0.15) is 0 Å². The number of benzene rings is 1. The lowest BCUT2D eigenvalue weighted by molar-refractivity contribution is 0.560. The van der Waals surface area contributed by atoms with Crippen molar-refractivity contribution >= 4 is 17.0 Å². The molecule has 4 nitrogen and oxygen atoms in total. The molecule has 4 heteroatoms. The number of nitrogens with zero attached hydrogens (tertiary/aromatic N) is 2. The third kappa shape index (κ3) is 2.20. The molecule has 1 unspecified atom stereocenters. The second-order valence-corrected chi connectivity index (χ2v) is 5.02. The molecule has 1 atom stereocenters. The van der Waals surface area contributed by atoms with Crippen LogP contribution in [0.5, 0.6) is 0 Å². The van der Waals surface area contributed by atoms with E-state index in [0.29, 0.717) is 6.04 Å². The molecule has 1 fully saturated rings. The summed E-state index contributed by atoms with van der Waals surface area (Å²) < 4.78 is 0. The molecule has 3 rings (SSSR count). The molecule has 0 radical (unpaired) electrons. The molecule has 18 heavy (non-hydrogen) atoms. The van der Waals surface area contributed by atoms with Crippen molar-refractivity contribution in [2.75, 3.05) is 25.0 Å². The van der Waals surface area contributed by atoms with Crippen molar-refractivity contribution in [3.63, 3.8) is 0 Å². The number of fused-ring (bicyclic) bond motifs is 1. The van der Waals surface area contributed by atoms with Gasteiger partial charge in [-0.1, -0.05) is 12.1 Å². The van der Waals surface area contributed by atoms with Crippen LogP contribution in [0, 0.1) is 0 Å². The van der Waals surface area contributed by atoms with Gasteiger partial charge in [0.2, 0.25) is 5.95 Å². The minimum atomic E-state index is 0.584. The van der Waals surface area contributed by atoms with Crippen LogP contribution in [0.25, 0.3) is 11.0 Å². The number of para-hydroxylation sites is 2. The van der Waals surface area contributed by atoms with Gasteiger partial charge in [0.15, 0.2) is 0 Å². The van der Waals surface area contributed by atoms with Crippen molar-refractivity contribution in [3.05, 3.63) is 24.3 Å². The molecule has 1 saturated heterocycles. The Kier molecular flexibility index (Phi) is 3.19. The van der Waals surface area contributed by atoms with E-state index in [9.17, 15) is 0 Å². The van der Waals surface area contributed by atoms with Gasteiger partial charge in [-0.2, -0.15) is 0 Å². The lowest BCUT2D eigenvalue weighted by atomic mass is 10.1. The van der Waals surface area contributed by atoms with Crippen molar-refractivity contribution < 1.29 is 0 Å². The number of nitrogens with one attached hydrogen (secondary N) is 2. The van der Waals surface area contributed by atoms with Crippen molar-refractivity contribution in [1.29, 1.82) is 0 Å². The topological polar surface area (TPSA) is 44.0 Å². The molecule has 1 aliphatic rings. The third-order valence-corrected chi connectivity index (χ3v) is 3.80. The summed E-state index contributed by atoms with van der Waals surface area (Å²) in [6.45, 7) is 2.25. The van der Waals surface area contributed by atoms with Crippen LogP contribution in [0.2, 0.25) is 0 Å².